The second-order valence-corrected chi connectivity index (χ2v) is 4.51. The van der Waals surface area contributed by atoms with Gasteiger partial charge in [-0.05, 0) is 39.7 Å². The quantitative estimate of drug-likeness (QED) is 0.739. The number of ether oxygens (including phenoxy) is 1. The van der Waals surface area contributed by atoms with Crippen LogP contribution in [0.2, 0.25) is 0 Å². The number of allylic oxidation sites excluding steroid dienone is 3. The van der Waals surface area contributed by atoms with Crippen LogP contribution in [0.4, 0.5) is 4.79 Å². The summed E-state index contributed by atoms with van der Waals surface area (Å²) in [6.07, 6.45) is 7.26. The van der Waals surface area contributed by atoms with Gasteiger partial charge >= 0.3 is 6.09 Å². The molecular formula is C13H23NO2. The van der Waals surface area contributed by atoms with Crippen molar-refractivity contribution >= 4 is 6.09 Å². The molecule has 0 saturated heterocycles. The van der Waals surface area contributed by atoms with E-state index in [9.17, 15) is 4.79 Å². The summed E-state index contributed by atoms with van der Waals surface area (Å²) in [6, 6.07) is 0. The highest BCUT2D eigenvalue weighted by atomic mass is 16.6. The molecule has 0 fully saturated rings. The molecule has 0 radical (unpaired) electrons. The van der Waals surface area contributed by atoms with Crippen molar-refractivity contribution < 1.29 is 9.53 Å². The molecule has 0 aliphatic heterocycles. The second kappa shape index (κ2) is 7.09. The zero-order valence-corrected chi connectivity index (χ0v) is 11.0. The molecule has 0 rings (SSSR count). The minimum Gasteiger partial charge on any atom is -0.444 e. The number of carbonyl (C=O) groups excluding carboxylic acids is 1. The average molecular weight is 225 g/mol. The topological polar surface area (TPSA) is 38.3 Å². The third-order valence-electron chi connectivity index (χ3n) is 1.60. The highest BCUT2D eigenvalue weighted by molar-refractivity contribution is 5.70. The summed E-state index contributed by atoms with van der Waals surface area (Å²) in [5.41, 5.74) is 0.328. The van der Waals surface area contributed by atoms with E-state index in [0.717, 1.165) is 18.5 Å². The molecule has 3 nitrogen and oxygen atoms in total. The number of nitrogens with one attached hydrogen (secondary N) is 1. The van der Waals surface area contributed by atoms with Crippen LogP contribution in [0.15, 0.2) is 23.9 Å². The van der Waals surface area contributed by atoms with Gasteiger partial charge in [0.05, 0.1) is 0 Å². The van der Waals surface area contributed by atoms with E-state index >= 15 is 0 Å². The molecule has 0 spiro atoms. The van der Waals surface area contributed by atoms with E-state index in [2.05, 4.69) is 5.32 Å². The van der Waals surface area contributed by atoms with E-state index in [4.69, 9.17) is 4.74 Å². The molecule has 0 aliphatic carbocycles. The van der Waals surface area contributed by atoms with Crippen LogP contribution >= 0.6 is 0 Å². The van der Waals surface area contributed by atoms with Crippen molar-refractivity contribution in [3.05, 3.63) is 23.9 Å². The van der Waals surface area contributed by atoms with E-state index in [1.54, 1.807) is 0 Å². The fraction of sp³-hybridized carbons (Fsp3) is 0.615. The molecule has 0 aromatic carbocycles. The highest BCUT2D eigenvalue weighted by Crippen LogP contribution is 2.07. The maximum absolute atomic E-state index is 11.5. The molecule has 0 aromatic heterocycles. The summed E-state index contributed by atoms with van der Waals surface area (Å²) in [6.45, 7) is 9.61. The van der Waals surface area contributed by atoms with Gasteiger partial charge in [-0.2, -0.15) is 0 Å². The smallest absolute Gasteiger partial charge is 0.412 e. The predicted molar refractivity (Wildman–Crippen MR) is 67.2 cm³/mol. The lowest BCUT2D eigenvalue weighted by Gasteiger charge is -2.19. The van der Waals surface area contributed by atoms with E-state index in [1.807, 2.05) is 52.8 Å². The fourth-order valence-electron chi connectivity index (χ4n) is 1.05. The van der Waals surface area contributed by atoms with E-state index in [-0.39, 0.29) is 0 Å². The lowest BCUT2D eigenvalue weighted by molar-refractivity contribution is 0.0548. The van der Waals surface area contributed by atoms with Gasteiger partial charge < -0.3 is 4.74 Å². The Morgan fingerprint density at radius 2 is 1.88 bits per heavy atom. The van der Waals surface area contributed by atoms with Crippen LogP contribution in [0.3, 0.4) is 0 Å². The fourth-order valence-corrected chi connectivity index (χ4v) is 1.05. The van der Waals surface area contributed by atoms with Gasteiger partial charge in [-0.1, -0.05) is 26.0 Å². The Labute approximate surface area is 98.6 Å². The second-order valence-electron chi connectivity index (χ2n) is 4.51. The minimum atomic E-state index is -0.462. The largest absolute Gasteiger partial charge is 0.444 e. The van der Waals surface area contributed by atoms with Gasteiger partial charge in [0.2, 0.25) is 0 Å². The van der Waals surface area contributed by atoms with Crippen molar-refractivity contribution in [2.24, 2.45) is 0 Å². The molecule has 0 atom stereocenters. The third-order valence-corrected chi connectivity index (χ3v) is 1.60. The molecule has 0 heterocycles. The Balaban J connectivity index is 4.36. The first kappa shape index (κ1) is 14.8. The van der Waals surface area contributed by atoms with E-state index < -0.39 is 11.7 Å². The van der Waals surface area contributed by atoms with Gasteiger partial charge in [-0.15, -0.1) is 0 Å². The van der Waals surface area contributed by atoms with Crippen LogP contribution < -0.4 is 5.32 Å². The number of alkyl carbamates (subject to hydrolysis) is 1. The maximum atomic E-state index is 11.5. The molecule has 0 aromatic rings. The van der Waals surface area contributed by atoms with Crippen molar-refractivity contribution in [3.8, 4) is 0 Å². The van der Waals surface area contributed by atoms with Gasteiger partial charge in [0.15, 0.2) is 0 Å². The first-order chi connectivity index (χ1) is 7.39. The first-order valence-corrected chi connectivity index (χ1v) is 5.75. The summed E-state index contributed by atoms with van der Waals surface area (Å²) >= 11 is 0. The molecule has 0 unspecified atom stereocenters. The van der Waals surface area contributed by atoms with Crippen LogP contribution in [-0.2, 0) is 4.74 Å². The number of hydrogen-bond donors (Lipinski definition) is 1. The molecule has 0 saturated carbocycles. The number of hydrogen-bond acceptors (Lipinski definition) is 2. The monoisotopic (exact) mass is 225 g/mol. The normalized spacial score (nSPS) is 12.9. The molecule has 0 bridgehead atoms. The lowest BCUT2D eigenvalue weighted by Crippen LogP contribution is -2.31. The molecular weight excluding hydrogens is 202 g/mol. The van der Waals surface area contributed by atoms with Gasteiger partial charge in [-0.3, -0.25) is 5.32 Å². The van der Waals surface area contributed by atoms with Crippen LogP contribution in [0, 0.1) is 0 Å². The van der Waals surface area contributed by atoms with Crippen LogP contribution in [-0.4, -0.2) is 11.7 Å². The van der Waals surface area contributed by atoms with Crippen molar-refractivity contribution in [3.63, 3.8) is 0 Å². The van der Waals surface area contributed by atoms with Crippen molar-refractivity contribution in [1.82, 2.24) is 5.32 Å². The zero-order chi connectivity index (χ0) is 12.6. The Morgan fingerprint density at radius 1 is 1.25 bits per heavy atom. The lowest BCUT2D eigenvalue weighted by atomic mass is 10.2. The molecule has 92 valence electrons. The molecule has 3 heteroatoms. The van der Waals surface area contributed by atoms with Crippen molar-refractivity contribution in [1.29, 1.82) is 0 Å². The number of rotatable bonds is 4. The van der Waals surface area contributed by atoms with Gasteiger partial charge in [0, 0.05) is 5.70 Å². The minimum absolute atomic E-state index is 0.409. The summed E-state index contributed by atoms with van der Waals surface area (Å²) < 4.78 is 5.17. The molecule has 1 N–H and O–H groups in total. The summed E-state index contributed by atoms with van der Waals surface area (Å²) in [5, 5.41) is 2.72. The summed E-state index contributed by atoms with van der Waals surface area (Å²) in [4.78, 5) is 11.5. The summed E-state index contributed by atoms with van der Waals surface area (Å²) in [7, 11) is 0. The Morgan fingerprint density at radius 3 is 2.31 bits per heavy atom. The first-order valence-electron chi connectivity index (χ1n) is 5.75. The molecule has 0 aliphatic rings. The van der Waals surface area contributed by atoms with Crippen molar-refractivity contribution in [2.45, 2.75) is 53.1 Å². The summed E-state index contributed by atoms with van der Waals surface area (Å²) in [5.74, 6) is 0. The van der Waals surface area contributed by atoms with Gasteiger partial charge in [0.25, 0.3) is 0 Å². The average Bonchev–Trinajstić information content (AvgIpc) is 2.11. The van der Waals surface area contributed by atoms with E-state index in [1.165, 1.54) is 0 Å². The number of carbonyl (C=O) groups is 1. The zero-order valence-electron chi connectivity index (χ0n) is 11.0. The highest BCUT2D eigenvalue weighted by Gasteiger charge is 2.16. The Hall–Kier alpha value is -1.25. The Kier molecular flexibility index (Phi) is 6.54. The van der Waals surface area contributed by atoms with E-state index in [0.29, 0.717) is 0 Å². The van der Waals surface area contributed by atoms with Crippen molar-refractivity contribution in [2.75, 3.05) is 0 Å². The predicted octanol–water partition coefficient (Wildman–Crippen LogP) is 3.77. The van der Waals surface area contributed by atoms with Gasteiger partial charge in [-0.25, -0.2) is 4.79 Å². The standard InChI is InChI=1S/C13H23NO2/c1-6-8-10-11(9-7-2)14-12(15)16-13(3,4)5/h8-10H,6-7H2,1-5H3,(H,14,15)/b10-8-,11-9+. The molecule has 16 heavy (non-hydrogen) atoms. The van der Waals surface area contributed by atoms with Crippen LogP contribution in [0.1, 0.15) is 47.5 Å². The maximum Gasteiger partial charge on any atom is 0.412 e. The Bertz CT molecular complexity index is 272. The third kappa shape index (κ3) is 8.09. The molecule has 1 amide bonds. The number of amides is 1. The van der Waals surface area contributed by atoms with Gasteiger partial charge in [0.1, 0.15) is 5.60 Å². The SMILES string of the molecule is CC/C=C\C(=C/CC)NC(=O)OC(C)(C)C. The van der Waals surface area contributed by atoms with Crippen LogP contribution in [0.5, 0.6) is 0 Å². The van der Waals surface area contributed by atoms with Crippen LogP contribution in [0.25, 0.3) is 0 Å².